The quantitative estimate of drug-likeness (QED) is 0.530. The van der Waals surface area contributed by atoms with Gasteiger partial charge in [-0.3, -0.25) is 14.5 Å². The summed E-state index contributed by atoms with van der Waals surface area (Å²) in [6, 6.07) is 20.8. The maximum atomic E-state index is 13.4. The van der Waals surface area contributed by atoms with Gasteiger partial charge in [0.25, 0.3) is 0 Å². The van der Waals surface area contributed by atoms with Crippen molar-refractivity contribution in [1.82, 2.24) is 10.2 Å². The summed E-state index contributed by atoms with van der Waals surface area (Å²) in [5.41, 5.74) is 2.34. The number of carbonyl (C=O) groups is 2. The van der Waals surface area contributed by atoms with Crippen molar-refractivity contribution in [1.29, 1.82) is 0 Å². The Morgan fingerprint density at radius 3 is 2.60 bits per heavy atom. The van der Waals surface area contributed by atoms with E-state index in [4.69, 9.17) is 9.47 Å². The molecule has 0 unspecified atom stereocenters. The molecular formula is C26H22FN3O4S. The third-order valence-corrected chi connectivity index (χ3v) is 6.73. The minimum Gasteiger partial charge on any atom is -0.454 e. The highest BCUT2D eigenvalue weighted by Crippen LogP contribution is 2.36. The molecule has 0 saturated carbocycles. The Kier molecular flexibility index (Phi) is 6.67. The van der Waals surface area contributed by atoms with Crippen LogP contribution in [0.1, 0.15) is 17.5 Å². The van der Waals surface area contributed by atoms with E-state index in [0.29, 0.717) is 28.9 Å². The van der Waals surface area contributed by atoms with E-state index in [0.717, 1.165) is 11.1 Å². The fourth-order valence-electron chi connectivity index (χ4n) is 3.76. The van der Waals surface area contributed by atoms with Crippen LogP contribution in [0, 0.1) is 5.82 Å². The molecule has 0 aromatic heterocycles. The molecule has 3 aromatic carbocycles. The number of carbonyl (C=O) groups excluding carboxylic acids is 2. The lowest BCUT2D eigenvalue weighted by molar-refractivity contribution is -0.129. The topological polar surface area (TPSA) is 80.2 Å². The lowest BCUT2D eigenvalue weighted by Gasteiger charge is -2.17. The van der Waals surface area contributed by atoms with Gasteiger partial charge in [0.2, 0.25) is 18.6 Å². The average molecular weight is 492 g/mol. The second-order valence-corrected chi connectivity index (χ2v) is 9.23. The molecule has 2 heterocycles. The molecule has 3 aromatic rings. The lowest BCUT2D eigenvalue weighted by atomic mass is 10.1. The van der Waals surface area contributed by atoms with Crippen molar-refractivity contribution in [3.05, 3.63) is 89.7 Å². The van der Waals surface area contributed by atoms with Crippen LogP contribution >= 0.6 is 11.8 Å². The fourth-order valence-corrected chi connectivity index (χ4v) is 4.91. The van der Waals surface area contributed by atoms with Gasteiger partial charge in [-0.1, -0.05) is 48.2 Å². The molecule has 1 saturated heterocycles. The maximum absolute atomic E-state index is 13.4. The molecule has 178 valence electrons. The van der Waals surface area contributed by atoms with Gasteiger partial charge < -0.3 is 14.8 Å². The van der Waals surface area contributed by atoms with E-state index in [1.54, 1.807) is 23.1 Å². The lowest BCUT2D eigenvalue weighted by Crippen LogP contribution is -2.34. The molecule has 1 fully saturated rings. The molecule has 1 atom stereocenters. The zero-order chi connectivity index (χ0) is 24.2. The molecule has 0 aliphatic carbocycles. The number of hydrogen-bond acceptors (Lipinski definition) is 6. The van der Waals surface area contributed by atoms with E-state index in [2.05, 4.69) is 10.3 Å². The third kappa shape index (κ3) is 5.46. The summed E-state index contributed by atoms with van der Waals surface area (Å²) < 4.78 is 24.2. The molecule has 7 nitrogen and oxygen atoms in total. The van der Waals surface area contributed by atoms with E-state index in [1.807, 2.05) is 42.5 Å². The van der Waals surface area contributed by atoms with Gasteiger partial charge in [0.05, 0.1) is 12.2 Å². The van der Waals surface area contributed by atoms with Gasteiger partial charge in [-0.15, -0.1) is 0 Å². The summed E-state index contributed by atoms with van der Waals surface area (Å²) in [5.74, 6) is 0.489. The first kappa shape index (κ1) is 22.9. The average Bonchev–Trinajstić information content (AvgIpc) is 3.45. The first-order valence-corrected chi connectivity index (χ1v) is 11.9. The minimum absolute atomic E-state index is 0.0242. The standard InChI is InChI=1S/C26H22FN3O4S/c27-19-7-9-20(10-8-19)29-26-30(15-18-6-11-21-22(12-18)34-16-33-21)25(32)23(35-26)13-24(31)28-14-17-4-2-1-3-5-17/h1-12,23H,13-16H2,(H,28,31)/t23-/m1/s1. The van der Waals surface area contributed by atoms with Gasteiger partial charge >= 0.3 is 0 Å². The first-order valence-electron chi connectivity index (χ1n) is 11.1. The summed E-state index contributed by atoms with van der Waals surface area (Å²) in [6.45, 7) is 0.808. The zero-order valence-corrected chi connectivity index (χ0v) is 19.5. The number of halogens is 1. The Balaban J connectivity index is 1.33. The van der Waals surface area contributed by atoms with Gasteiger partial charge in [-0.25, -0.2) is 9.38 Å². The van der Waals surface area contributed by atoms with Gasteiger partial charge in [0, 0.05) is 13.0 Å². The van der Waals surface area contributed by atoms with Gasteiger partial charge in [-0.05, 0) is 47.5 Å². The van der Waals surface area contributed by atoms with E-state index in [1.165, 1.54) is 23.9 Å². The summed E-state index contributed by atoms with van der Waals surface area (Å²) in [5, 5.41) is 2.72. The number of amidine groups is 1. The van der Waals surface area contributed by atoms with Crippen LogP contribution in [0.2, 0.25) is 0 Å². The highest BCUT2D eigenvalue weighted by Gasteiger charge is 2.39. The highest BCUT2D eigenvalue weighted by molar-refractivity contribution is 8.15. The molecule has 35 heavy (non-hydrogen) atoms. The van der Waals surface area contributed by atoms with Gasteiger partial charge in [-0.2, -0.15) is 0 Å². The van der Waals surface area contributed by atoms with E-state index in [9.17, 15) is 14.0 Å². The number of amides is 2. The number of thioether (sulfide) groups is 1. The van der Waals surface area contributed by atoms with Crippen molar-refractivity contribution in [2.45, 2.75) is 24.8 Å². The van der Waals surface area contributed by atoms with Gasteiger partial charge in [0.15, 0.2) is 16.7 Å². The highest BCUT2D eigenvalue weighted by atomic mass is 32.2. The number of rotatable bonds is 7. The molecular weight excluding hydrogens is 469 g/mol. The SMILES string of the molecule is O=C(C[C@H]1SC(=Nc2ccc(F)cc2)N(Cc2ccc3c(c2)OCO3)C1=O)NCc1ccccc1. The molecule has 2 aliphatic rings. The van der Waals surface area contributed by atoms with E-state index < -0.39 is 5.25 Å². The van der Waals surface area contributed by atoms with Crippen molar-refractivity contribution >= 4 is 34.4 Å². The molecule has 5 rings (SSSR count). The number of nitrogens with zero attached hydrogens (tertiary/aromatic N) is 2. The number of benzene rings is 3. The fraction of sp³-hybridized carbons (Fsp3) is 0.192. The second-order valence-electron chi connectivity index (χ2n) is 8.06. The predicted octanol–water partition coefficient (Wildman–Crippen LogP) is 4.39. The van der Waals surface area contributed by atoms with Crippen LogP contribution < -0.4 is 14.8 Å². The number of ether oxygens (including phenoxy) is 2. The molecule has 1 N–H and O–H groups in total. The second kappa shape index (κ2) is 10.2. The van der Waals surface area contributed by atoms with Crippen molar-refractivity contribution in [2.24, 2.45) is 4.99 Å². The van der Waals surface area contributed by atoms with Crippen molar-refractivity contribution in [3.63, 3.8) is 0 Å². The van der Waals surface area contributed by atoms with Gasteiger partial charge in [0.1, 0.15) is 11.1 Å². The molecule has 0 radical (unpaired) electrons. The van der Waals surface area contributed by atoms with Crippen LogP contribution in [0.15, 0.2) is 77.8 Å². The Bertz CT molecular complexity index is 1270. The third-order valence-electron chi connectivity index (χ3n) is 5.55. The Morgan fingerprint density at radius 2 is 1.80 bits per heavy atom. The monoisotopic (exact) mass is 491 g/mol. The molecule has 9 heteroatoms. The largest absolute Gasteiger partial charge is 0.454 e. The summed E-state index contributed by atoms with van der Waals surface area (Å²) >= 11 is 1.24. The molecule has 0 spiro atoms. The van der Waals surface area contributed by atoms with Crippen LogP contribution in [0.25, 0.3) is 0 Å². The minimum atomic E-state index is -0.612. The normalized spacial score (nSPS) is 17.7. The summed E-state index contributed by atoms with van der Waals surface area (Å²) in [7, 11) is 0. The molecule has 0 bridgehead atoms. The summed E-state index contributed by atoms with van der Waals surface area (Å²) in [4.78, 5) is 32.1. The van der Waals surface area contributed by atoms with E-state index >= 15 is 0 Å². The number of fused-ring (bicyclic) bond motifs is 1. The van der Waals surface area contributed by atoms with Crippen LogP contribution in [-0.2, 0) is 22.7 Å². The Morgan fingerprint density at radius 1 is 1.03 bits per heavy atom. The Labute approximate surface area is 205 Å². The first-order chi connectivity index (χ1) is 17.0. The van der Waals surface area contributed by atoms with Crippen molar-refractivity contribution in [3.8, 4) is 11.5 Å². The zero-order valence-electron chi connectivity index (χ0n) is 18.6. The number of aliphatic imine (C=N–C) groups is 1. The van der Waals surface area contributed by atoms with Crippen molar-refractivity contribution < 1.29 is 23.5 Å². The van der Waals surface area contributed by atoms with Crippen LogP contribution in [-0.4, -0.2) is 33.9 Å². The Hall–Kier alpha value is -3.85. The smallest absolute Gasteiger partial charge is 0.242 e. The summed E-state index contributed by atoms with van der Waals surface area (Å²) in [6.07, 6.45) is 0.0242. The van der Waals surface area contributed by atoms with Crippen LogP contribution in [0.4, 0.5) is 10.1 Å². The van der Waals surface area contributed by atoms with Crippen LogP contribution in [0.5, 0.6) is 11.5 Å². The number of nitrogens with one attached hydrogen (secondary N) is 1. The molecule has 2 amide bonds. The van der Waals surface area contributed by atoms with Crippen LogP contribution in [0.3, 0.4) is 0 Å². The van der Waals surface area contributed by atoms with E-state index in [-0.39, 0.29) is 37.4 Å². The predicted molar refractivity (Wildman–Crippen MR) is 131 cm³/mol. The maximum Gasteiger partial charge on any atom is 0.242 e. The molecule has 2 aliphatic heterocycles. The number of hydrogen-bond donors (Lipinski definition) is 1. The van der Waals surface area contributed by atoms with Crippen molar-refractivity contribution in [2.75, 3.05) is 6.79 Å².